The van der Waals surface area contributed by atoms with Gasteiger partial charge in [-0.1, -0.05) is 30.7 Å². The average molecular weight is 287 g/mol. The Bertz CT molecular complexity index is 465. The van der Waals surface area contributed by atoms with Crippen molar-refractivity contribution >= 4 is 34.7 Å². The summed E-state index contributed by atoms with van der Waals surface area (Å²) in [5.74, 6) is 0.126. The molecule has 0 aromatic heterocycles. The van der Waals surface area contributed by atoms with E-state index in [0.29, 0.717) is 22.8 Å². The van der Waals surface area contributed by atoms with E-state index in [0.717, 1.165) is 0 Å². The van der Waals surface area contributed by atoms with Gasteiger partial charge in [0, 0.05) is 5.02 Å². The Morgan fingerprint density at radius 1 is 1.61 bits per heavy atom. The van der Waals surface area contributed by atoms with Crippen molar-refractivity contribution in [1.82, 2.24) is 5.32 Å². The van der Waals surface area contributed by atoms with Gasteiger partial charge in [0.05, 0.1) is 23.7 Å². The van der Waals surface area contributed by atoms with Gasteiger partial charge in [-0.25, -0.2) is 0 Å². The van der Waals surface area contributed by atoms with Gasteiger partial charge in [-0.2, -0.15) is 0 Å². The number of carbonyl (C=O) groups is 1. The first-order chi connectivity index (χ1) is 8.49. The highest BCUT2D eigenvalue weighted by Crippen LogP contribution is 2.23. The molecule has 1 amide bonds. The summed E-state index contributed by atoms with van der Waals surface area (Å²) in [4.78, 5) is 12.3. The topological polar surface area (TPSA) is 64.3 Å². The zero-order chi connectivity index (χ0) is 13.7. The van der Waals surface area contributed by atoms with E-state index in [9.17, 15) is 4.79 Å². The fourth-order valence-electron chi connectivity index (χ4n) is 1.46. The van der Waals surface area contributed by atoms with E-state index >= 15 is 0 Å². The number of hydrogen-bond acceptors (Lipinski definition) is 3. The van der Waals surface area contributed by atoms with Crippen molar-refractivity contribution in [3.8, 4) is 5.75 Å². The summed E-state index contributed by atoms with van der Waals surface area (Å²) >= 11 is 10.7. The van der Waals surface area contributed by atoms with E-state index < -0.39 is 0 Å². The summed E-state index contributed by atoms with van der Waals surface area (Å²) in [6, 6.07) is 4.48. The van der Waals surface area contributed by atoms with Gasteiger partial charge < -0.3 is 15.8 Å². The number of ether oxygens (including phenoxy) is 1. The van der Waals surface area contributed by atoms with E-state index in [2.05, 4.69) is 5.32 Å². The molecule has 1 aromatic carbocycles. The summed E-state index contributed by atoms with van der Waals surface area (Å²) < 4.78 is 5.11. The minimum atomic E-state index is -0.326. The highest BCUT2D eigenvalue weighted by atomic mass is 35.5. The van der Waals surface area contributed by atoms with Gasteiger partial charge in [0.2, 0.25) is 0 Å². The van der Waals surface area contributed by atoms with E-state index in [1.165, 1.54) is 7.11 Å². The number of rotatable bonds is 5. The van der Waals surface area contributed by atoms with Crippen LogP contribution in [0.25, 0.3) is 0 Å². The number of halogens is 1. The molecule has 6 heteroatoms. The van der Waals surface area contributed by atoms with Gasteiger partial charge in [-0.15, -0.1) is 0 Å². The van der Waals surface area contributed by atoms with Crippen LogP contribution < -0.4 is 15.8 Å². The normalized spacial score (nSPS) is 11.7. The molecule has 0 saturated carbocycles. The maximum absolute atomic E-state index is 12.1. The average Bonchev–Trinajstić information content (AvgIpc) is 2.34. The molecule has 3 N–H and O–H groups in total. The highest BCUT2D eigenvalue weighted by Gasteiger charge is 2.17. The molecule has 0 fully saturated rings. The molecule has 1 atom stereocenters. The Balaban J connectivity index is 2.93. The number of hydrogen-bond donors (Lipinski definition) is 2. The quantitative estimate of drug-likeness (QED) is 0.814. The molecule has 1 unspecified atom stereocenters. The molecule has 1 aromatic rings. The van der Waals surface area contributed by atoms with Crippen LogP contribution in [0.3, 0.4) is 0 Å². The van der Waals surface area contributed by atoms with Gasteiger partial charge in [0.25, 0.3) is 5.91 Å². The van der Waals surface area contributed by atoms with Gasteiger partial charge in [-0.3, -0.25) is 4.79 Å². The summed E-state index contributed by atoms with van der Waals surface area (Å²) in [5.41, 5.74) is 5.93. The van der Waals surface area contributed by atoms with Crippen molar-refractivity contribution in [2.45, 2.75) is 19.4 Å². The molecule has 18 heavy (non-hydrogen) atoms. The lowest BCUT2D eigenvalue weighted by Crippen LogP contribution is -2.43. The van der Waals surface area contributed by atoms with Crippen LogP contribution in [-0.4, -0.2) is 24.0 Å². The number of amides is 1. The largest absolute Gasteiger partial charge is 0.496 e. The fourth-order valence-corrected chi connectivity index (χ4v) is 1.85. The summed E-state index contributed by atoms with van der Waals surface area (Å²) in [6.45, 7) is 1.89. The molecule has 0 spiro atoms. The lowest BCUT2D eigenvalue weighted by molar-refractivity contribution is 0.0943. The van der Waals surface area contributed by atoms with Crippen molar-refractivity contribution in [1.29, 1.82) is 0 Å². The van der Waals surface area contributed by atoms with Crippen molar-refractivity contribution < 1.29 is 9.53 Å². The van der Waals surface area contributed by atoms with Crippen molar-refractivity contribution in [3.63, 3.8) is 0 Å². The van der Waals surface area contributed by atoms with Crippen LogP contribution in [-0.2, 0) is 0 Å². The zero-order valence-corrected chi connectivity index (χ0v) is 11.8. The summed E-state index contributed by atoms with van der Waals surface area (Å²) in [7, 11) is 1.48. The molecule has 0 saturated heterocycles. The lowest BCUT2D eigenvalue weighted by Gasteiger charge is -2.16. The minimum absolute atomic E-state index is 0.263. The van der Waals surface area contributed by atoms with Crippen molar-refractivity contribution in [3.05, 3.63) is 28.8 Å². The Morgan fingerprint density at radius 2 is 2.28 bits per heavy atom. The van der Waals surface area contributed by atoms with Crippen LogP contribution in [0.5, 0.6) is 5.75 Å². The Morgan fingerprint density at radius 3 is 2.78 bits per heavy atom. The van der Waals surface area contributed by atoms with Crippen molar-refractivity contribution in [2.24, 2.45) is 5.73 Å². The Labute approximate surface area is 116 Å². The first-order valence-electron chi connectivity index (χ1n) is 5.43. The smallest absolute Gasteiger partial charge is 0.255 e. The first-order valence-corrected chi connectivity index (χ1v) is 6.22. The number of nitrogens with one attached hydrogen (secondary N) is 1. The monoisotopic (exact) mass is 286 g/mol. The first kappa shape index (κ1) is 14.7. The second-order valence-corrected chi connectivity index (χ2v) is 4.59. The second kappa shape index (κ2) is 6.56. The minimum Gasteiger partial charge on any atom is -0.496 e. The van der Waals surface area contributed by atoms with E-state index in [-0.39, 0.29) is 16.9 Å². The molecule has 0 radical (unpaired) electrons. The molecule has 0 bridgehead atoms. The fraction of sp³-hybridized carbons (Fsp3) is 0.333. The third-order valence-electron chi connectivity index (χ3n) is 2.47. The lowest BCUT2D eigenvalue weighted by atomic mass is 10.1. The SMILES string of the molecule is CCC(NC(=O)c1ccc(Cl)cc1OC)C(N)=S. The number of carbonyl (C=O) groups excluding carboxylic acids is 1. The Hall–Kier alpha value is -1.33. The second-order valence-electron chi connectivity index (χ2n) is 3.68. The van der Waals surface area contributed by atoms with Crippen LogP contribution in [0.15, 0.2) is 18.2 Å². The van der Waals surface area contributed by atoms with Gasteiger partial charge in [0.15, 0.2) is 0 Å². The third kappa shape index (κ3) is 3.58. The van der Waals surface area contributed by atoms with Crippen LogP contribution >= 0.6 is 23.8 Å². The van der Waals surface area contributed by atoms with Gasteiger partial charge >= 0.3 is 0 Å². The van der Waals surface area contributed by atoms with Crippen molar-refractivity contribution in [2.75, 3.05) is 7.11 Å². The van der Waals surface area contributed by atoms with Crippen LogP contribution in [0.4, 0.5) is 0 Å². The number of nitrogens with two attached hydrogens (primary N) is 1. The molecular weight excluding hydrogens is 272 g/mol. The molecule has 98 valence electrons. The maximum atomic E-state index is 12.1. The summed E-state index contributed by atoms with van der Waals surface area (Å²) in [5, 5.41) is 3.25. The number of thiocarbonyl (C=S) groups is 1. The van der Waals surface area contributed by atoms with Crippen LogP contribution in [0, 0.1) is 0 Å². The third-order valence-corrected chi connectivity index (χ3v) is 2.98. The predicted molar refractivity (Wildman–Crippen MR) is 76.3 cm³/mol. The molecule has 1 rings (SSSR count). The molecule has 0 aliphatic rings. The standard InChI is InChI=1S/C12H15ClN2O2S/c1-3-9(11(14)18)15-12(16)8-5-4-7(13)6-10(8)17-2/h4-6,9H,3H2,1-2H3,(H2,14,18)(H,15,16). The van der Waals surface area contributed by atoms with E-state index in [1.807, 2.05) is 6.92 Å². The maximum Gasteiger partial charge on any atom is 0.255 e. The highest BCUT2D eigenvalue weighted by molar-refractivity contribution is 7.80. The number of methoxy groups -OCH3 is 1. The van der Waals surface area contributed by atoms with E-state index in [4.69, 9.17) is 34.3 Å². The molecule has 0 aliphatic heterocycles. The molecular formula is C12H15ClN2O2S. The van der Waals surface area contributed by atoms with E-state index in [1.54, 1.807) is 18.2 Å². The van der Waals surface area contributed by atoms with Crippen LogP contribution in [0.1, 0.15) is 23.7 Å². The Kier molecular flexibility index (Phi) is 5.37. The molecule has 0 aliphatic carbocycles. The number of benzene rings is 1. The van der Waals surface area contributed by atoms with Gasteiger partial charge in [-0.05, 0) is 24.6 Å². The molecule has 0 heterocycles. The molecule has 4 nitrogen and oxygen atoms in total. The predicted octanol–water partition coefficient (Wildman–Crippen LogP) is 2.14. The zero-order valence-electron chi connectivity index (χ0n) is 10.2. The summed E-state index contributed by atoms with van der Waals surface area (Å²) in [6.07, 6.45) is 0.636. The van der Waals surface area contributed by atoms with Crippen LogP contribution in [0.2, 0.25) is 5.02 Å². The van der Waals surface area contributed by atoms with Gasteiger partial charge in [0.1, 0.15) is 5.75 Å².